The molecular formula is C8H13O4. The highest BCUT2D eigenvalue weighted by molar-refractivity contribution is 5.70. The van der Waals surface area contributed by atoms with Crippen LogP contribution in [0.2, 0.25) is 0 Å². The van der Waals surface area contributed by atoms with Crippen molar-refractivity contribution in [1.82, 2.24) is 0 Å². The molecule has 0 aliphatic rings. The minimum Gasteiger partial charge on any atom is -0.481 e. The van der Waals surface area contributed by atoms with Crippen LogP contribution in [0, 0.1) is 12.8 Å². The van der Waals surface area contributed by atoms with Gasteiger partial charge in [0.25, 0.3) is 0 Å². The molecule has 4 heteroatoms. The van der Waals surface area contributed by atoms with Crippen LogP contribution >= 0.6 is 0 Å². The highest BCUT2D eigenvalue weighted by Crippen LogP contribution is 2.12. The zero-order valence-corrected chi connectivity index (χ0v) is 6.82. The van der Waals surface area contributed by atoms with E-state index in [-0.39, 0.29) is 6.42 Å². The highest BCUT2D eigenvalue weighted by Gasteiger charge is 2.14. The maximum Gasteiger partial charge on any atom is 0.306 e. The minimum atomic E-state index is -0.893. The average molecular weight is 173 g/mol. The number of hydrogen-bond donors (Lipinski definition) is 2. The molecule has 1 unspecified atom stereocenters. The second-order valence-corrected chi connectivity index (χ2v) is 2.61. The van der Waals surface area contributed by atoms with E-state index in [4.69, 9.17) is 10.2 Å². The summed E-state index contributed by atoms with van der Waals surface area (Å²) in [4.78, 5) is 20.5. The molecular weight excluding hydrogens is 160 g/mol. The van der Waals surface area contributed by atoms with Crippen molar-refractivity contribution in [2.45, 2.75) is 25.7 Å². The van der Waals surface area contributed by atoms with E-state index in [0.29, 0.717) is 19.3 Å². The molecule has 12 heavy (non-hydrogen) atoms. The summed E-state index contributed by atoms with van der Waals surface area (Å²) in [5.74, 6) is -2.28. The average Bonchev–Trinajstić information content (AvgIpc) is 1.96. The Balaban J connectivity index is 3.59. The van der Waals surface area contributed by atoms with Crippen molar-refractivity contribution in [1.29, 1.82) is 0 Å². The number of aliphatic carboxylic acids is 2. The number of rotatable bonds is 6. The Morgan fingerprint density at radius 1 is 1.33 bits per heavy atom. The molecule has 2 N–H and O–H groups in total. The van der Waals surface area contributed by atoms with Crippen LogP contribution in [-0.4, -0.2) is 22.2 Å². The van der Waals surface area contributed by atoms with Crippen molar-refractivity contribution in [3.05, 3.63) is 6.92 Å². The zero-order chi connectivity index (χ0) is 9.56. The van der Waals surface area contributed by atoms with Gasteiger partial charge in [-0.15, -0.1) is 0 Å². The van der Waals surface area contributed by atoms with E-state index in [2.05, 4.69) is 6.92 Å². The first-order valence-corrected chi connectivity index (χ1v) is 3.81. The summed E-state index contributed by atoms with van der Waals surface area (Å²) in [6.45, 7) is 3.48. The van der Waals surface area contributed by atoms with Crippen LogP contribution in [0.1, 0.15) is 25.7 Å². The van der Waals surface area contributed by atoms with Gasteiger partial charge in [0.1, 0.15) is 0 Å². The largest absolute Gasteiger partial charge is 0.481 e. The fraction of sp³-hybridized carbons (Fsp3) is 0.625. The molecule has 1 atom stereocenters. The SMILES string of the molecule is [CH2]CC(CCCC(=O)O)C(=O)O. The van der Waals surface area contributed by atoms with Crippen LogP contribution in [0.4, 0.5) is 0 Å². The van der Waals surface area contributed by atoms with E-state index < -0.39 is 17.9 Å². The van der Waals surface area contributed by atoms with Crippen molar-refractivity contribution in [3.63, 3.8) is 0 Å². The van der Waals surface area contributed by atoms with Gasteiger partial charge >= 0.3 is 11.9 Å². The number of carboxylic acid groups (broad SMARTS) is 2. The first kappa shape index (κ1) is 10.9. The number of hydrogen-bond acceptors (Lipinski definition) is 2. The molecule has 0 aromatic carbocycles. The third-order valence-electron chi connectivity index (χ3n) is 1.64. The first-order valence-electron chi connectivity index (χ1n) is 3.81. The molecule has 0 heterocycles. The molecule has 4 nitrogen and oxygen atoms in total. The van der Waals surface area contributed by atoms with Gasteiger partial charge in [-0.3, -0.25) is 9.59 Å². The molecule has 0 aliphatic carbocycles. The predicted octanol–water partition coefficient (Wildman–Crippen LogP) is 1.17. The summed E-state index contributed by atoms with van der Waals surface area (Å²) in [5, 5.41) is 16.8. The second kappa shape index (κ2) is 5.57. The maximum absolute atomic E-state index is 10.4. The maximum atomic E-state index is 10.4. The minimum absolute atomic E-state index is 0.0315. The first-order chi connectivity index (χ1) is 5.57. The van der Waals surface area contributed by atoms with Gasteiger partial charge in [0.15, 0.2) is 0 Å². The van der Waals surface area contributed by atoms with Crippen LogP contribution in [-0.2, 0) is 9.59 Å². The van der Waals surface area contributed by atoms with Gasteiger partial charge in [0.05, 0.1) is 5.92 Å². The normalized spacial score (nSPS) is 12.4. The lowest BCUT2D eigenvalue weighted by Crippen LogP contribution is -2.12. The Hall–Kier alpha value is -1.06. The van der Waals surface area contributed by atoms with Crippen molar-refractivity contribution in [3.8, 4) is 0 Å². The number of carbonyl (C=O) groups is 2. The van der Waals surface area contributed by atoms with Crippen molar-refractivity contribution in [2.75, 3.05) is 0 Å². The molecule has 0 aromatic heterocycles. The number of carboxylic acids is 2. The summed E-state index contributed by atoms with van der Waals surface area (Å²) >= 11 is 0. The van der Waals surface area contributed by atoms with Crippen LogP contribution < -0.4 is 0 Å². The van der Waals surface area contributed by atoms with Gasteiger partial charge in [-0.2, -0.15) is 0 Å². The Morgan fingerprint density at radius 2 is 1.92 bits per heavy atom. The van der Waals surface area contributed by atoms with Gasteiger partial charge in [-0.1, -0.05) is 6.92 Å². The van der Waals surface area contributed by atoms with Crippen molar-refractivity contribution in [2.24, 2.45) is 5.92 Å². The van der Waals surface area contributed by atoms with E-state index in [9.17, 15) is 9.59 Å². The smallest absolute Gasteiger partial charge is 0.306 e. The van der Waals surface area contributed by atoms with E-state index >= 15 is 0 Å². The zero-order valence-electron chi connectivity index (χ0n) is 6.82. The molecule has 0 spiro atoms. The van der Waals surface area contributed by atoms with Gasteiger partial charge in [0.2, 0.25) is 0 Å². The third-order valence-corrected chi connectivity index (χ3v) is 1.64. The topological polar surface area (TPSA) is 74.6 Å². The van der Waals surface area contributed by atoms with Gasteiger partial charge in [-0.25, -0.2) is 0 Å². The Morgan fingerprint density at radius 3 is 2.25 bits per heavy atom. The Bertz CT molecular complexity index is 164. The summed E-state index contributed by atoms with van der Waals surface area (Å²) in [6.07, 6.45) is 1.14. The summed E-state index contributed by atoms with van der Waals surface area (Å²) in [5.41, 5.74) is 0. The monoisotopic (exact) mass is 173 g/mol. The van der Waals surface area contributed by atoms with Gasteiger partial charge in [-0.05, 0) is 19.3 Å². The molecule has 0 aromatic rings. The summed E-state index contributed by atoms with van der Waals surface area (Å²) < 4.78 is 0. The van der Waals surface area contributed by atoms with Crippen LogP contribution in [0.25, 0.3) is 0 Å². The molecule has 0 amide bonds. The highest BCUT2D eigenvalue weighted by atomic mass is 16.4. The molecule has 0 fully saturated rings. The molecule has 0 saturated carbocycles. The quantitative estimate of drug-likeness (QED) is 0.632. The summed E-state index contributed by atoms with van der Waals surface area (Å²) in [6, 6.07) is 0. The lowest BCUT2D eigenvalue weighted by Gasteiger charge is -2.06. The lowest BCUT2D eigenvalue weighted by atomic mass is 10.00. The summed E-state index contributed by atoms with van der Waals surface area (Å²) in [7, 11) is 0. The van der Waals surface area contributed by atoms with E-state index in [1.54, 1.807) is 0 Å². The predicted molar refractivity (Wildman–Crippen MR) is 42.6 cm³/mol. The van der Waals surface area contributed by atoms with E-state index in [1.807, 2.05) is 0 Å². The van der Waals surface area contributed by atoms with Crippen LogP contribution in [0.3, 0.4) is 0 Å². The second-order valence-electron chi connectivity index (χ2n) is 2.61. The fourth-order valence-electron chi connectivity index (χ4n) is 0.891. The van der Waals surface area contributed by atoms with Crippen molar-refractivity contribution >= 4 is 11.9 Å². The lowest BCUT2D eigenvalue weighted by molar-refractivity contribution is -0.143. The van der Waals surface area contributed by atoms with Crippen molar-refractivity contribution < 1.29 is 19.8 Å². The van der Waals surface area contributed by atoms with E-state index in [1.165, 1.54) is 0 Å². The van der Waals surface area contributed by atoms with Crippen LogP contribution in [0.15, 0.2) is 0 Å². The molecule has 1 radical (unpaired) electrons. The third kappa shape index (κ3) is 4.71. The fourth-order valence-corrected chi connectivity index (χ4v) is 0.891. The standard InChI is InChI=1S/C8H13O4/c1-2-6(8(11)12)4-3-5-7(9)10/h6H,1-5H2,(H,9,10)(H,11,12). The molecule has 0 aliphatic heterocycles. The molecule has 69 valence electrons. The van der Waals surface area contributed by atoms with Gasteiger partial charge in [0, 0.05) is 6.42 Å². The Kier molecular flexibility index (Phi) is 5.08. The van der Waals surface area contributed by atoms with Crippen LogP contribution in [0.5, 0.6) is 0 Å². The molecule has 0 saturated heterocycles. The molecule has 0 bridgehead atoms. The van der Waals surface area contributed by atoms with Gasteiger partial charge < -0.3 is 10.2 Å². The van der Waals surface area contributed by atoms with E-state index in [0.717, 1.165) is 0 Å². The Labute approximate surface area is 71.2 Å². The molecule has 0 rings (SSSR count).